The molecule has 0 unspecified atom stereocenters. The molecule has 9 nitrogen and oxygen atoms in total. The summed E-state index contributed by atoms with van der Waals surface area (Å²) in [5, 5.41) is 12.1. The van der Waals surface area contributed by atoms with Gasteiger partial charge in [0.1, 0.15) is 11.3 Å². The van der Waals surface area contributed by atoms with Crippen molar-refractivity contribution in [1.82, 2.24) is 14.6 Å². The number of pyridine rings is 1. The molecule has 0 bridgehead atoms. The number of hydrogen-bond donors (Lipinski definition) is 4. The molecule has 4 rings (SSSR count). The van der Waals surface area contributed by atoms with Gasteiger partial charge in [-0.15, -0.1) is 0 Å². The molecule has 1 aromatic heterocycles. The maximum Gasteiger partial charge on any atom is 0.341 e. The summed E-state index contributed by atoms with van der Waals surface area (Å²) in [4.78, 5) is 24.4. The number of nitrogen functional groups attached to an aromatic ring is 1. The smallest absolute Gasteiger partial charge is 0.341 e. The molecule has 0 atom stereocenters. The molecule has 0 spiro atoms. The SMILES string of the molecule is Nc1c(F)c(NN2CCN(N)CC2)c(F)c2c1c(=O)c(C(=O)O)cn2-c1ccccc1. The van der Waals surface area contributed by atoms with Crippen LogP contribution in [-0.4, -0.2) is 51.8 Å². The molecule has 1 fully saturated rings. The van der Waals surface area contributed by atoms with Crippen molar-refractivity contribution in [2.45, 2.75) is 0 Å². The van der Waals surface area contributed by atoms with Crippen LogP contribution < -0.4 is 22.4 Å². The van der Waals surface area contributed by atoms with Crippen molar-refractivity contribution < 1.29 is 18.7 Å². The second-order valence-electron chi connectivity index (χ2n) is 7.16. The van der Waals surface area contributed by atoms with E-state index in [1.54, 1.807) is 40.3 Å². The molecule has 0 amide bonds. The minimum absolute atomic E-state index is 0.319. The zero-order chi connectivity index (χ0) is 22.3. The molecule has 1 saturated heterocycles. The topological polar surface area (TPSA) is 130 Å². The number of aromatic carboxylic acids is 1. The average molecular weight is 430 g/mol. The lowest BCUT2D eigenvalue weighted by Crippen LogP contribution is -2.51. The number of carboxylic acids is 1. The average Bonchev–Trinajstić information content (AvgIpc) is 2.76. The lowest BCUT2D eigenvalue weighted by atomic mass is 10.1. The molecule has 2 heterocycles. The number of rotatable bonds is 4. The van der Waals surface area contributed by atoms with Gasteiger partial charge in [0.15, 0.2) is 11.6 Å². The van der Waals surface area contributed by atoms with Crippen LogP contribution in [0.25, 0.3) is 16.6 Å². The van der Waals surface area contributed by atoms with Crippen molar-refractivity contribution in [2.75, 3.05) is 37.3 Å². The van der Waals surface area contributed by atoms with Crippen molar-refractivity contribution in [1.29, 1.82) is 0 Å². The number of nitrogens with one attached hydrogen (secondary N) is 1. The number of nitrogens with zero attached hydrogens (tertiary/aromatic N) is 3. The van der Waals surface area contributed by atoms with E-state index < -0.39 is 45.4 Å². The van der Waals surface area contributed by atoms with E-state index in [1.807, 2.05) is 0 Å². The van der Waals surface area contributed by atoms with E-state index in [0.717, 1.165) is 6.20 Å². The van der Waals surface area contributed by atoms with E-state index in [4.69, 9.17) is 11.6 Å². The van der Waals surface area contributed by atoms with Gasteiger partial charge < -0.3 is 20.8 Å². The molecular weight excluding hydrogens is 410 g/mol. The van der Waals surface area contributed by atoms with Crippen molar-refractivity contribution >= 4 is 28.2 Å². The van der Waals surface area contributed by atoms with Gasteiger partial charge in [-0.1, -0.05) is 18.2 Å². The number of hydrazine groups is 2. The van der Waals surface area contributed by atoms with E-state index in [-0.39, 0.29) is 5.52 Å². The highest BCUT2D eigenvalue weighted by Gasteiger charge is 2.27. The van der Waals surface area contributed by atoms with Crippen LogP contribution >= 0.6 is 0 Å². The zero-order valence-corrected chi connectivity index (χ0v) is 16.3. The summed E-state index contributed by atoms with van der Waals surface area (Å²) >= 11 is 0. The molecule has 0 aliphatic carbocycles. The number of carbonyl (C=O) groups is 1. The van der Waals surface area contributed by atoms with Gasteiger partial charge in [-0.25, -0.2) is 23.6 Å². The highest BCUT2D eigenvalue weighted by atomic mass is 19.1. The van der Waals surface area contributed by atoms with Gasteiger partial charge in [-0.3, -0.25) is 10.6 Å². The standard InChI is InChI=1S/C20H20F2N6O3/c21-14-16(23)13-18(15(22)17(14)25-27-8-6-26(24)7-9-27)28(11-4-2-1-3-5-11)10-12(19(13)29)20(30)31/h1-5,10,25H,6-9,23-24H2,(H,30,31). The zero-order valence-electron chi connectivity index (χ0n) is 16.3. The number of hydrogen-bond acceptors (Lipinski definition) is 7. The molecule has 11 heteroatoms. The van der Waals surface area contributed by atoms with Crippen LogP contribution in [0.15, 0.2) is 41.3 Å². The Labute approximate surface area is 175 Å². The Morgan fingerprint density at radius 2 is 1.71 bits per heavy atom. The second-order valence-corrected chi connectivity index (χ2v) is 7.16. The van der Waals surface area contributed by atoms with Crippen molar-refractivity contribution in [3.05, 3.63) is 63.9 Å². The summed E-state index contributed by atoms with van der Waals surface area (Å²) in [5.74, 6) is 1.96. The summed E-state index contributed by atoms with van der Waals surface area (Å²) in [7, 11) is 0. The number of anilines is 2. The normalized spacial score (nSPS) is 15.3. The summed E-state index contributed by atoms with van der Waals surface area (Å²) in [6.07, 6.45) is 1.01. The minimum Gasteiger partial charge on any atom is -0.477 e. The van der Waals surface area contributed by atoms with Crippen molar-refractivity contribution in [3.8, 4) is 5.69 Å². The molecule has 31 heavy (non-hydrogen) atoms. The first-order valence-corrected chi connectivity index (χ1v) is 9.45. The predicted molar refractivity (Wildman–Crippen MR) is 112 cm³/mol. The van der Waals surface area contributed by atoms with Gasteiger partial charge in [-0.2, -0.15) is 0 Å². The quantitative estimate of drug-likeness (QED) is 0.361. The Balaban J connectivity index is 2.00. The number of nitrogens with two attached hydrogens (primary N) is 2. The van der Waals surface area contributed by atoms with Crippen molar-refractivity contribution in [3.63, 3.8) is 0 Å². The molecule has 3 aromatic rings. The molecule has 1 aliphatic heterocycles. The fraction of sp³-hybridized carbons (Fsp3) is 0.200. The number of piperazine rings is 1. The predicted octanol–water partition coefficient (Wildman–Crippen LogP) is 1.37. The van der Waals surface area contributed by atoms with Gasteiger partial charge in [-0.05, 0) is 12.1 Å². The summed E-state index contributed by atoms with van der Waals surface area (Å²) in [6, 6.07) is 8.25. The van der Waals surface area contributed by atoms with Gasteiger partial charge >= 0.3 is 5.97 Å². The number of fused-ring (bicyclic) bond motifs is 1. The largest absolute Gasteiger partial charge is 0.477 e. The molecule has 1 aliphatic rings. The van der Waals surface area contributed by atoms with Crippen LogP contribution in [0.1, 0.15) is 10.4 Å². The summed E-state index contributed by atoms with van der Waals surface area (Å²) < 4.78 is 31.9. The number of para-hydroxylation sites is 1. The Morgan fingerprint density at radius 1 is 1.06 bits per heavy atom. The monoisotopic (exact) mass is 430 g/mol. The van der Waals surface area contributed by atoms with Gasteiger partial charge in [0.2, 0.25) is 5.43 Å². The van der Waals surface area contributed by atoms with Crippen LogP contribution in [0.5, 0.6) is 0 Å². The van der Waals surface area contributed by atoms with E-state index in [9.17, 15) is 14.7 Å². The summed E-state index contributed by atoms with van der Waals surface area (Å²) in [6.45, 7) is 1.76. The third-order valence-electron chi connectivity index (χ3n) is 5.21. The number of benzene rings is 2. The molecule has 2 aromatic carbocycles. The Morgan fingerprint density at radius 3 is 2.32 bits per heavy atom. The molecule has 0 radical (unpaired) electrons. The van der Waals surface area contributed by atoms with Gasteiger partial charge in [0, 0.05) is 38.1 Å². The van der Waals surface area contributed by atoms with Gasteiger partial charge in [0.25, 0.3) is 0 Å². The molecule has 0 saturated carbocycles. The van der Waals surface area contributed by atoms with Crippen LogP contribution in [0.2, 0.25) is 0 Å². The Kier molecular flexibility index (Phi) is 5.31. The van der Waals surface area contributed by atoms with Crippen LogP contribution in [-0.2, 0) is 0 Å². The number of carboxylic acid groups (broad SMARTS) is 1. The maximum absolute atomic E-state index is 15.7. The van der Waals surface area contributed by atoms with Crippen LogP contribution in [0.4, 0.5) is 20.2 Å². The fourth-order valence-electron chi connectivity index (χ4n) is 3.57. The lowest BCUT2D eigenvalue weighted by molar-refractivity contribution is 0.0695. The highest BCUT2D eigenvalue weighted by molar-refractivity contribution is 6.00. The highest BCUT2D eigenvalue weighted by Crippen LogP contribution is 2.34. The number of halogens is 2. The van der Waals surface area contributed by atoms with Crippen LogP contribution in [0, 0.1) is 11.6 Å². The van der Waals surface area contributed by atoms with E-state index in [0.29, 0.717) is 31.9 Å². The molecule has 162 valence electrons. The molecular formula is C20H20F2N6O3. The van der Waals surface area contributed by atoms with E-state index in [1.165, 1.54) is 4.57 Å². The van der Waals surface area contributed by atoms with E-state index in [2.05, 4.69) is 5.43 Å². The summed E-state index contributed by atoms with van der Waals surface area (Å²) in [5.41, 5.74) is 5.78. The Bertz CT molecular complexity index is 1220. The first-order chi connectivity index (χ1) is 14.8. The third-order valence-corrected chi connectivity index (χ3v) is 5.21. The maximum atomic E-state index is 15.7. The van der Waals surface area contributed by atoms with E-state index >= 15 is 8.78 Å². The van der Waals surface area contributed by atoms with Gasteiger partial charge in [0.05, 0.1) is 16.6 Å². The fourth-order valence-corrected chi connectivity index (χ4v) is 3.57. The van der Waals surface area contributed by atoms with Crippen molar-refractivity contribution in [2.24, 2.45) is 5.84 Å². The second kappa shape index (κ2) is 7.95. The lowest BCUT2D eigenvalue weighted by Gasteiger charge is -2.33. The number of aromatic nitrogens is 1. The van der Waals surface area contributed by atoms with Crippen LogP contribution in [0.3, 0.4) is 0 Å². The first kappa shape index (κ1) is 20.7. The Hall–Kier alpha value is -3.54. The first-order valence-electron chi connectivity index (χ1n) is 9.45. The molecule has 6 N–H and O–H groups in total. The minimum atomic E-state index is -1.53. The third kappa shape index (κ3) is 3.58.